The lowest BCUT2D eigenvalue weighted by Gasteiger charge is -2.43. The van der Waals surface area contributed by atoms with Crippen molar-refractivity contribution in [1.29, 1.82) is 0 Å². The number of aliphatic hydroxyl groups is 8. The first kappa shape index (κ1) is 51.5. The molecule has 16 atom stereocenters. The second-order valence-corrected chi connectivity index (χ2v) is 16.8. The molecule has 60 heavy (non-hydrogen) atoms. The number of esters is 1. The van der Waals surface area contributed by atoms with Gasteiger partial charge in [0, 0.05) is 31.1 Å². The molecule has 0 aromatic rings. The molecule has 0 radical (unpaired) electrons. The molecule has 0 aromatic carbocycles. The summed E-state index contributed by atoms with van der Waals surface area (Å²) in [6.45, 7) is 7.05. The zero-order valence-corrected chi connectivity index (χ0v) is 35.7. The highest BCUT2D eigenvalue weighted by molar-refractivity contribution is 5.70. The molecule has 340 valence electrons. The maximum Gasteiger partial charge on any atom is 0.308 e. The van der Waals surface area contributed by atoms with E-state index in [1.807, 2.05) is 80.7 Å². The van der Waals surface area contributed by atoms with Gasteiger partial charge in [-0.1, -0.05) is 98.9 Å². The molecular weight excluding hydrogens is 775 g/mol. The number of hydrogen-bond donors (Lipinski definition) is 9. The molecule has 6 unspecified atom stereocenters. The average Bonchev–Trinajstić information content (AvgIpc) is 3.17. The van der Waals surface area contributed by atoms with Gasteiger partial charge in [0.05, 0.1) is 67.4 Å². The van der Waals surface area contributed by atoms with Crippen molar-refractivity contribution >= 4 is 5.97 Å². The topological polar surface area (TPSA) is 242 Å². The van der Waals surface area contributed by atoms with Gasteiger partial charge in [-0.25, -0.2) is 0 Å². The molecule has 3 heterocycles. The molecule has 0 saturated carbocycles. The molecule has 0 aromatic heterocycles. The Morgan fingerprint density at radius 3 is 1.75 bits per heavy atom. The Bertz CT molecular complexity index is 1460. The van der Waals surface area contributed by atoms with Crippen molar-refractivity contribution in [2.24, 2.45) is 17.6 Å². The van der Waals surface area contributed by atoms with Crippen LogP contribution in [0, 0.1) is 11.8 Å². The first-order valence-corrected chi connectivity index (χ1v) is 21.6. The van der Waals surface area contributed by atoms with Crippen LogP contribution in [0.25, 0.3) is 0 Å². The van der Waals surface area contributed by atoms with Gasteiger partial charge in [0.15, 0.2) is 12.1 Å². The molecule has 0 aliphatic carbocycles. The number of rotatable bonds is 2. The van der Waals surface area contributed by atoms with E-state index in [1.54, 1.807) is 32.1 Å². The number of hydrogen-bond acceptors (Lipinski definition) is 14. The Morgan fingerprint density at radius 2 is 1.15 bits per heavy atom. The predicted octanol–water partition coefficient (Wildman–Crippen LogP) is 3.46. The van der Waals surface area contributed by atoms with Crippen molar-refractivity contribution in [1.82, 2.24) is 0 Å². The van der Waals surface area contributed by atoms with Gasteiger partial charge in [-0.2, -0.15) is 0 Å². The lowest BCUT2D eigenvalue weighted by atomic mass is 9.89. The number of nitrogens with two attached hydrogens (primary N) is 1. The van der Waals surface area contributed by atoms with Crippen LogP contribution in [0.2, 0.25) is 0 Å². The van der Waals surface area contributed by atoms with Crippen LogP contribution in [-0.2, 0) is 23.7 Å². The number of allylic oxidation sites excluding steroid dienone is 12. The van der Waals surface area contributed by atoms with E-state index in [2.05, 4.69) is 0 Å². The fourth-order valence-corrected chi connectivity index (χ4v) is 7.62. The third-order valence-electron chi connectivity index (χ3n) is 11.4. The molecule has 2 fully saturated rings. The quantitative estimate of drug-likeness (QED) is 0.181. The molecule has 14 heteroatoms. The lowest BCUT2D eigenvalue weighted by molar-refractivity contribution is -0.297. The van der Waals surface area contributed by atoms with Gasteiger partial charge in [-0.05, 0) is 58.8 Å². The molecule has 2 saturated heterocycles. The predicted molar refractivity (Wildman–Crippen MR) is 228 cm³/mol. The molecule has 3 rings (SSSR count). The molecule has 14 nitrogen and oxygen atoms in total. The summed E-state index contributed by atoms with van der Waals surface area (Å²) < 4.78 is 23.6. The summed E-state index contributed by atoms with van der Waals surface area (Å²) in [5, 5.41) is 86.1. The highest BCUT2D eigenvalue weighted by atomic mass is 16.7. The zero-order valence-electron chi connectivity index (χ0n) is 35.7. The molecule has 2 bridgehead atoms. The lowest BCUT2D eigenvalue weighted by Crippen LogP contribution is -2.61. The van der Waals surface area contributed by atoms with E-state index in [4.69, 9.17) is 24.7 Å². The summed E-state index contributed by atoms with van der Waals surface area (Å²) in [6, 6.07) is -1.00. The molecular formula is C46H73NO13. The van der Waals surface area contributed by atoms with E-state index in [-0.39, 0.29) is 56.8 Å². The van der Waals surface area contributed by atoms with Crippen molar-refractivity contribution in [3.05, 3.63) is 85.1 Å². The van der Waals surface area contributed by atoms with Crippen molar-refractivity contribution in [2.75, 3.05) is 0 Å². The number of ether oxygens (including phenoxy) is 4. The van der Waals surface area contributed by atoms with Crippen LogP contribution in [0.1, 0.15) is 98.3 Å². The van der Waals surface area contributed by atoms with E-state index < -0.39 is 91.2 Å². The number of cyclic esters (lactones) is 1. The second kappa shape index (κ2) is 26.6. The van der Waals surface area contributed by atoms with Crippen LogP contribution in [0.15, 0.2) is 85.1 Å². The second-order valence-electron chi connectivity index (χ2n) is 16.8. The highest BCUT2D eigenvalue weighted by Gasteiger charge is 2.44. The Labute approximate surface area is 356 Å². The smallest absolute Gasteiger partial charge is 0.308 e. The minimum Gasteiger partial charge on any atom is -0.462 e. The van der Waals surface area contributed by atoms with Crippen LogP contribution in [0.5, 0.6) is 0 Å². The molecule has 3 aliphatic rings. The summed E-state index contributed by atoms with van der Waals surface area (Å²) in [6.07, 6.45) is 17.1. The summed E-state index contributed by atoms with van der Waals surface area (Å²) in [5.74, 6) is -2.95. The van der Waals surface area contributed by atoms with Gasteiger partial charge in [0.25, 0.3) is 0 Å². The first-order chi connectivity index (χ1) is 28.5. The van der Waals surface area contributed by atoms with Crippen LogP contribution in [-0.4, -0.2) is 132 Å². The van der Waals surface area contributed by atoms with Gasteiger partial charge >= 0.3 is 5.97 Å². The summed E-state index contributed by atoms with van der Waals surface area (Å²) >= 11 is 0. The van der Waals surface area contributed by atoms with E-state index in [1.165, 1.54) is 0 Å². The van der Waals surface area contributed by atoms with Crippen LogP contribution in [0.4, 0.5) is 0 Å². The number of fused-ring (bicyclic) bond motifs is 2. The standard InChI is InChI=1S/C46H73NO13/c1-30-19-15-13-11-9-7-5-6-8-10-12-14-16-24-38(59-45-44(55)41(47)43(54)33(4)58-45)27-39-25-37(51)29-46(56,60-39)28-36(50)23-18-21-34(48)20-17-22-35(49)26-40(52)57-32(3)31(2)42(30)53/h5-16,19,24,30-39,41-45,48-51,53-56H,17-18,20-23,25-29,47H2,1-4H3/b6-5+,9-7+,10-8+,13-11+,14-12+,19-15+,24-16+/t30-,31-,32-,33?,34-,35+,36-,37+,38-,39?,41?,42+,43?,44?,45?,46+/m0/s1. The first-order valence-electron chi connectivity index (χ1n) is 21.6. The Kier molecular flexibility index (Phi) is 22.8. The van der Waals surface area contributed by atoms with Gasteiger partial charge in [0.2, 0.25) is 0 Å². The Balaban J connectivity index is 1.73. The molecule has 10 N–H and O–H groups in total. The molecule has 3 aliphatic heterocycles. The van der Waals surface area contributed by atoms with Gasteiger partial charge in [0.1, 0.15) is 12.2 Å². The molecule has 0 amide bonds. The van der Waals surface area contributed by atoms with Crippen molar-refractivity contribution in [3.8, 4) is 0 Å². The zero-order chi connectivity index (χ0) is 44.2. The normalized spacial score (nSPS) is 44.6. The average molecular weight is 848 g/mol. The van der Waals surface area contributed by atoms with Crippen LogP contribution in [0.3, 0.4) is 0 Å². The SMILES string of the molecule is CC1OC(O[C@H]2/C=C/C=C/C=C/C=C/C=C/C=C/C=C/[C@H](C)[C@@H](O)[C@@H](C)[C@H](C)OC(=O)C[C@H](O)CCC[C@H](O)CCC[C@H](O)C[C@]3(O)C[C@H](O)CC(C2)O3)C(O)C(N)C1O. The van der Waals surface area contributed by atoms with Crippen LogP contribution >= 0.6 is 0 Å². The summed E-state index contributed by atoms with van der Waals surface area (Å²) in [5.41, 5.74) is 6.05. The highest BCUT2D eigenvalue weighted by Crippen LogP contribution is 2.35. The Hall–Kier alpha value is -2.83. The fraction of sp³-hybridized carbons (Fsp3) is 0.674. The summed E-state index contributed by atoms with van der Waals surface area (Å²) in [4.78, 5) is 12.6. The third kappa shape index (κ3) is 18.6. The summed E-state index contributed by atoms with van der Waals surface area (Å²) in [7, 11) is 0. The van der Waals surface area contributed by atoms with Crippen LogP contribution < -0.4 is 5.73 Å². The minimum atomic E-state index is -1.84. The monoisotopic (exact) mass is 848 g/mol. The maximum absolute atomic E-state index is 12.6. The van der Waals surface area contributed by atoms with Crippen molar-refractivity contribution < 1.29 is 64.6 Å². The number of aliphatic hydroxyl groups excluding tert-OH is 7. The number of carbonyl (C=O) groups is 1. The van der Waals surface area contributed by atoms with Gasteiger partial charge < -0.3 is 65.5 Å². The maximum atomic E-state index is 12.6. The largest absolute Gasteiger partial charge is 0.462 e. The van der Waals surface area contributed by atoms with Crippen molar-refractivity contribution in [3.63, 3.8) is 0 Å². The molecule has 0 spiro atoms. The van der Waals surface area contributed by atoms with E-state index in [0.717, 1.165) is 0 Å². The third-order valence-corrected chi connectivity index (χ3v) is 11.4. The van der Waals surface area contributed by atoms with Gasteiger partial charge in [-0.15, -0.1) is 0 Å². The number of carbonyl (C=O) groups excluding carboxylic acids is 1. The van der Waals surface area contributed by atoms with Gasteiger partial charge in [-0.3, -0.25) is 4.79 Å². The minimum absolute atomic E-state index is 0.110. The van der Waals surface area contributed by atoms with E-state index in [0.29, 0.717) is 25.7 Å². The van der Waals surface area contributed by atoms with E-state index in [9.17, 15) is 45.6 Å². The van der Waals surface area contributed by atoms with Crippen molar-refractivity contribution in [2.45, 2.75) is 184 Å². The fourth-order valence-electron chi connectivity index (χ4n) is 7.62. The van der Waals surface area contributed by atoms with E-state index >= 15 is 0 Å². The Morgan fingerprint density at radius 1 is 0.633 bits per heavy atom.